The monoisotopic (exact) mass is 756 g/mol. The second-order valence-electron chi connectivity index (χ2n) is 13.7. The van der Waals surface area contributed by atoms with Crippen LogP contribution in [0.5, 0.6) is 0 Å². The molecule has 3 aromatic rings. The van der Waals surface area contributed by atoms with Gasteiger partial charge in [0.25, 0.3) is 6.47 Å². The molecular weight excluding hydrogens is 712 g/mol. The summed E-state index contributed by atoms with van der Waals surface area (Å²) >= 11 is 7.41. The van der Waals surface area contributed by atoms with Crippen LogP contribution in [0.3, 0.4) is 0 Å². The topological polar surface area (TPSA) is 106 Å². The molecule has 0 unspecified atom stereocenters. The first kappa shape index (κ1) is 40.3. The molecule has 51 heavy (non-hydrogen) atoms. The van der Waals surface area contributed by atoms with E-state index in [0.29, 0.717) is 39.7 Å². The Labute approximate surface area is 310 Å². The number of hydrogen-bond donors (Lipinski definition) is 2. The van der Waals surface area contributed by atoms with Crippen molar-refractivity contribution in [2.75, 3.05) is 24.2 Å². The smallest absolute Gasteiger partial charge is 0.293 e. The Morgan fingerprint density at radius 2 is 1.78 bits per heavy atom. The molecule has 0 saturated carbocycles. The summed E-state index contributed by atoms with van der Waals surface area (Å²) in [7, 11) is 2.77. The Hall–Kier alpha value is -3.47. The predicted octanol–water partition coefficient (Wildman–Crippen LogP) is 7.98. The van der Waals surface area contributed by atoms with Crippen LogP contribution in [0.4, 0.5) is 14.9 Å². The molecule has 5 rings (SSSR count). The van der Waals surface area contributed by atoms with Crippen LogP contribution >= 0.6 is 31.2 Å². The molecule has 2 N–H and O–H groups in total. The van der Waals surface area contributed by atoms with Gasteiger partial charge in [-0.05, 0) is 5.56 Å². The molecule has 0 saturated heterocycles. The van der Waals surface area contributed by atoms with Crippen LogP contribution in [-0.2, 0) is 37.0 Å². The number of amides is 2. The van der Waals surface area contributed by atoms with Crippen LogP contribution in [-0.4, -0.2) is 60.4 Å². The summed E-state index contributed by atoms with van der Waals surface area (Å²) in [6.07, 6.45) is 1.27. The molecule has 2 aliphatic rings. The molecule has 1 atom stereocenters. The molecule has 0 spiro atoms. The standard InChI is InChI=1S/C30H36ClFN3O4PS.C8H8O2/c1-29(2,3)39-28(37)34-22-17-41-24-15-21(32)20(26-38-27(40-26)30(4,5)12-7-13-33-6)14-23(24)35(25(22)36)16-18-8-10-19(31)11-9-18;9-7-10-6-8-4-2-1-3-5-8/h8-11,14-15,22,33H,7,12-13,16-17H2,1-6H3;1-5,7H,6H2/p+1/t22-;/m0./s1. The quantitative estimate of drug-likeness (QED) is 0.109. The number of anilines is 1. The molecule has 0 radical (unpaired) electrons. The number of carbonyl (C=O) groups excluding carboxylic acids is 3. The van der Waals surface area contributed by atoms with E-state index in [0.717, 1.165) is 43.8 Å². The molecule has 3 aromatic carbocycles. The molecule has 0 fully saturated rings. The fourth-order valence-electron chi connectivity index (χ4n) is 5.19. The second kappa shape index (κ2) is 18.3. The van der Waals surface area contributed by atoms with Crippen molar-refractivity contribution in [1.29, 1.82) is 0 Å². The van der Waals surface area contributed by atoms with Gasteiger partial charge in [-0.25, -0.2) is 0 Å². The van der Waals surface area contributed by atoms with E-state index in [1.54, 1.807) is 43.9 Å². The van der Waals surface area contributed by atoms with Gasteiger partial charge in [-0.1, -0.05) is 30.3 Å². The number of alkyl carbamates (subject to hydrolysis) is 1. The number of fused-ring (bicyclic) bond motifs is 1. The van der Waals surface area contributed by atoms with Crippen molar-refractivity contribution in [2.45, 2.75) is 77.2 Å². The van der Waals surface area contributed by atoms with Crippen LogP contribution < -0.4 is 15.5 Å². The normalized spacial score (nSPS) is 15.7. The fraction of sp³-hybridized carbons (Fsp3) is 0.395. The molecule has 2 heterocycles. The summed E-state index contributed by atoms with van der Waals surface area (Å²) in [6, 6.07) is 19.0. The van der Waals surface area contributed by atoms with Gasteiger partial charge in [0.05, 0.1) is 0 Å². The fourth-order valence-corrected chi connectivity index (χ4v) is 7.43. The SMILES string of the molecule is CNCCCC(C)(C)C1=[P+]=C(c2cc3c(cc2F)SC[C@H](NC(=O)OC(C)(C)C)C(=O)N3Cc2ccc(Cl)cc2)O1.O=COCc1ccccc1. The number of thioether (sulfide) groups is 1. The van der Waals surface area contributed by atoms with Crippen molar-refractivity contribution in [3.05, 3.63) is 94.3 Å². The predicted molar refractivity (Wildman–Crippen MR) is 204 cm³/mol. The van der Waals surface area contributed by atoms with Crippen molar-refractivity contribution in [3.8, 4) is 0 Å². The number of ether oxygens (including phenoxy) is 3. The van der Waals surface area contributed by atoms with E-state index in [4.69, 9.17) is 21.1 Å². The largest absolute Gasteiger partial charge is 0.463 e. The Bertz CT molecular complexity index is 1760. The van der Waals surface area contributed by atoms with E-state index < -0.39 is 23.6 Å². The van der Waals surface area contributed by atoms with E-state index in [-0.39, 0.29) is 23.6 Å². The Balaban J connectivity index is 0.000000502. The average molecular weight is 757 g/mol. The van der Waals surface area contributed by atoms with Crippen LogP contribution in [0.25, 0.3) is 0 Å². The molecule has 272 valence electrons. The maximum Gasteiger partial charge on any atom is 0.293 e. The second-order valence-corrected chi connectivity index (χ2v) is 16.2. The van der Waals surface area contributed by atoms with Crippen LogP contribution in [0, 0.1) is 11.2 Å². The van der Waals surface area contributed by atoms with E-state index >= 15 is 4.39 Å². The zero-order chi connectivity index (χ0) is 37.2. The summed E-state index contributed by atoms with van der Waals surface area (Å²) in [6.45, 7) is 11.5. The minimum absolute atomic E-state index is 0.142. The zero-order valence-corrected chi connectivity index (χ0v) is 32.2. The number of hydrogen-bond acceptors (Lipinski definition) is 8. The third kappa shape index (κ3) is 11.8. The maximum absolute atomic E-state index is 15.5. The van der Waals surface area contributed by atoms with Gasteiger partial charge in [0.1, 0.15) is 6.61 Å². The number of benzene rings is 3. The third-order valence-electron chi connectivity index (χ3n) is 7.85. The first-order valence-corrected chi connectivity index (χ1v) is 18.9. The van der Waals surface area contributed by atoms with Crippen molar-refractivity contribution >= 4 is 66.3 Å². The van der Waals surface area contributed by atoms with Gasteiger partial charge in [-0.2, -0.15) is 0 Å². The van der Waals surface area contributed by atoms with E-state index in [1.165, 1.54) is 17.8 Å². The summed E-state index contributed by atoms with van der Waals surface area (Å²) in [5, 5.41) is 6.46. The summed E-state index contributed by atoms with van der Waals surface area (Å²) in [5.74, 6) is -0.502. The van der Waals surface area contributed by atoms with Gasteiger partial charge < -0.3 is 4.74 Å². The third-order valence-corrected chi connectivity index (χ3v) is 10.7. The van der Waals surface area contributed by atoms with E-state index in [1.807, 2.05) is 49.5 Å². The van der Waals surface area contributed by atoms with Gasteiger partial charge in [-0.3, -0.25) is 4.79 Å². The molecule has 0 aromatic heterocycles. The number of rotatable bonds is 12. The summed E-state index contributed by atoms with van der Waals surface area (Å²) in [5.41, 5.74) is 3.31. The van der Waals surface area contributed by atoms with Gasteiger partial charge >= 0.3 is 252 Å². The number of halogens is 2. The number of nitrogens with zero attached hydrogens (tertiary/aromatic N) is 1. The Kier molecular flexibility index (Phi) is 14.5. The minimum atomic E-state index is -0.870. The first-order chi connectivity index (χ1) is 24.2. The summed E-state index contributed by atoms with van der Waals surface area (Å²) < 4.78 is 31.5. The first-order valence-electron chi connectivity index (χ1n) is 16.6. The molecule has 9 nitrogen and oxygen atoms in total. The molecule has 0 bridgehead atoms. The minimum Gasteiger partial charge on any atom is -0.463 e. The number of carbonyl (C=O) groups is 3. The van der Waals surface area contributed by atoms with Gasteiger partial charge in [0.15, 0.2) is 0 Å². The Morgan fingerprint density at radius 1 is 1.10 bits per heavy atom. The van der Waals surface area contributed by atoms with Crippen LogP contribution in [0.2, 0.25) is 5.02 Å². The van der Waals surface area contributed by atoms with Gasteiger partial charge in [0, 0.05) is 0 Å². The molecule has 2 amide bonds. The number of nitrogens with one attached hydrogen (secondary N) is 2. The van der Waals surface area contributed by atoms with Gasteiger partial charge in [-0.15, -0.1) is 0 Å². The van der Waals surface area contributed by atoms with Crippen molar-refractivity contribution in [2.24, 2.45) is 5.41 Å². The van der Waals surface area contributed by atoms with Crippen molar-refractivity contribution in [3.63, 3.8) is 0 Å². The van der Waals surface area contributed by atoms with Crippen molar-refractivity contribution in [1.82, 2.24) is 10.6 Å². The maximum atomic E-state index is 15.5. The van der Waals surface area contributed by atoms with Crippen LogP contribution in [0.1, 0.15) is 64.2 Å². The van der Waals surface area contributed by atoms with Gasteiger partial charge in [0.2, 0.25) is 0 Å². The Morgan fingerprint density at radius 3 is 2.41 bits per heavy atom. The van der Waals surface area contributed by atoms with E-state index in [9.17, 15) is 14.4 Å². The molecule has 0 aliphatic carbocycles. The average Bonchev–Trinajstić information content (AvgIpc) is 3.16. The van der Waals surface area contributed by atoms with E-state index in [2.05, 4.69) is 29.2 Å². The van der Waals surface area contributed by atoms with Crippen molar-refractivity contribution < 1.29 is 33.0 Å². The van der Waals surface area contributed by atoms with Crippen LogP contribution in [0.15, 0.2) is 71.6 Å². The summed E-state index contributed by atoms with van der Waals surface area (Å²) in [4.78, 5) is 38.4. The molecular formula is C38H45ClFN3O6PS+. The molecule has 13 heteroatoms. The zero-order valence-electron chi connectivity index (χ0n) is 29.8. The molecule has 2 aliphatic heterocycles.